The molecular formula is C20H18N2O2S. The average molecular weight is 350 g/mol. The van der Waals surface area contributed by atoms with Crippen LogP contribution in [0.3, 0.4) is 0 Å². The van der Waals surface area contributed by atoms with Crippen molar-refractivity contribution in [3.8, 4) is 16.3 Å². The van der Waals surface area contributed by atoms with E-state index in [4.69, 9.17) is 4.74 Å². The molecule has 0 aliphatic carbocycles. The molecule has 0 unspecified atom stereocenters. The number of benzene rings is 1. The van der Waals surface area contributed by atoms with Gasteiger partial charge in [0.1, 0.15) is 0 Å². The van der Waals surface area contributed by atoms with Crippen LogP contribution in [0.4, 0.5) is 0 Å². The van der Waals surface area contributed by atoms with Crippen molar-refractivity contribution < 1.29 is 9.53 Å². The molecule has 2 aromatic heterocycles. The number of nitrogens with zero attached hydrogens (tertiary/aromatic N) is 1. The third-order valence-corrected chi connectivity index (χ3v) is 4.66. The topological polar surface area (TPSA) is 51.2 Å². The molecular weight excluding hydrogens is 332 g/mol. The lowest BCUT2D eigenvalue weighted by Gasteiger charge is -2.04. The number of thiophene rings is 1. The van der Waals surface area contributed by atoms with Crippen LogP contribution >= 0.6 is 11.3 Å². The Kier molecular flexibility index (Phi) is 5.59. The Morgan fingerprint density at radius 3 is 2.84 bits per heavy atom. The van der Waals surface area contributed by atoms with Crippen LogP contribution in [0.2, 0.25) is 0 Å². The number of carbonyl (C=O) groups is 1. The van der Waals surface area contributed by atoms with Crippen LogP contribution in [0.25, 0.3) is 16.5 Å². The largest absolute Gasteiger partial charge is 0.481 e. The molecule has 1 amide bonds. The van der Waals surface area contributed by atoms with Crippen LogP contribution in [0.1, 0.15) is 10.4 Å². The molecule has 1 aromatic carbocycles. The van der Waals surface area contributed by atoms with Crippen LogP contribution < -0.4 is 10.1 Å². The van der Waals surface area contributed by atoms with Gasteiger partial charge >= 0.3 is 0 Å². The first kappa shape index (κ1) is 16.9. The first-order valence-corrected chi connectivity index (χ1v) is 8.66. The van der Waals surface area contributed by atoms with Gasteiger partial charge in [0, 0.05) is 34.6 Å². The molecule has 3 rings (SSSR count). The summed E-state index contributed by atoms with van der Waals surface area (Å²) >= 11 is 1.66. The maximum absolute atomic E-state index is 12.0. The van der Waals surface area contributed by atoms with Crippen LogP contribution in [-0.2, 0) is 11.3 Å². The number of amides is 1. The monoisotopic (exact) mass is 350 g/mol. The van der Waals surface area contributed by atoms with Crippen molar-refractivity contribution in [3.05, 3.63) is 77.3 Å². The number of aromatic nitrogens is 1. The standard InChI is InChI=1S/C20H18N2O2S/c1-24-20-13-15(11-12-21-20)14-22-19(23)10-8-17-7-9-18(25-17)16-5-3-2-4-6-16/h2-13H,14H2,1H3,(H,22,23). The number of pyridine rings is 1. The summed E-state index contributed by atoms with van der Waals surface area (Å²) < 4.78 is 5.07. The van der Waals surface area contributed by atoms with Gasteiger partial charge in [0.15, 0.2) is 0 Å². The average Bonchev–Trinajstić information content (AvgIpc) is 3.15. The van der Waals surface area contributed by atoms with Crippen molar-refractivity contribution in [2.75, 3.05) is 7.11 Å². The zero-order chi connectivity index (χ0) is 17.5. The molecule has 3 aromatic rings. The number of methoxy groups -OCH3 is 1. The molecule has 5 heteroatoms. The minimum Gasteiger partial charge on any atom is -0.481 e. The van der Waals surface area contributed by atoms with Crippen LogP contribution in [-0.4, -0.2) is 18.0 Å². The van der Waals surface area contributed by atoms with Gasteiger partial charge in [0.25, 0.3) is 0 Å². The summed E-state index contributed by atoms with van der Waals surface area (Å²) in [5.74, 6) is 0.403. The van der Waals surface area contributed by atoms with Crippen molar-refractivity contribution in [1.82, 2.24) is 10.3 Å². The number of rotatable bonds is 6. The lowest BCUT2D eigenvalue weighted by atomic mass is 10.2. The van der Waals surface area contributed by atoms with Gasteiger partial charge in [0.05, 0.1) is 7.11 Å². The molecule has 1 N–H and O–H groups in total. The third-order valence-electron chi connectivity index (χ3n) is 3.56. The maximum Gasteiger partial charge on any atom is 0.244 e. The highest BCUT2D eigenvalue weighted by Gasteiger charge is 2.02. The Hall–Kier alpha value is -2.92. The minimum atomic E-state index is -0.134. The summed E-state index contributed by atoms with van der Waals surface area (Å²) in [6, 6.07) is 17.9. The minimum absolute atomic E-state index is 0.134. The molecule has 0 bridgehead atoms. The fourth-order valence-corrected chi connectivity index (χ4v) is 3.19. The number of carbonyl (C=O) groups excluding carboxylic acids is 1. The van der Waals surface area contributed by atoms with E-state index in [2.05, 4.69) is 28.5 Å². The van der Waals surface area contributed by atoms with Gasteiger partial charge in [-0.1, -0.05) is 30.3 Å². The third kappa shape index (κ3) is 4.78. The molecule has 0 radical (unpaired) electrons. The summed E-state index contributed by atoms with van der Waals surface area (Å²) in [5.41, 5.74) is 2.12. The van der Waals surface area contributed by atoms with E-state index in [1.165, 1.54) is 10.4 Å². The molecule has 126 valence electrons. The second-order valence-electron chi connectivity index (χ2n) is 5.33. The van der Waals surface area contributed by atoms with E-state index in [1.807, 2.05) is 36.4 Å². The molecule has 25 heavy (non-hydrogen) atoms. The Balaban J connectivity index is 1.56. The molecule has 4 nitrogen and oxygen atoms in total. The Morgan fingerprint density at radius 1 is 1.20 bits per heavy atom. The first-order valence-electron chi connectivity index (χ1n) is 7.85. The van der Waals surface area contributed by atoms with Crippen molar-refractivity contribution >= 4 is 23.3 Å². The number of nitrogens with one attached hydrogen (secondary N) is 1. The maximum atomic E-state index is 12.0. The molecule has 0 aliphatic rings. The molecule has 0 aliphatic heterocycles. The molecule has 0 fully saturated rings. The Morgan fingerprint density at radius 2 is 2.04 bits per heavy atom. The van der Waals surface area contributed by atoms with E-state index in [-0.39, 0.29) is 5.91 Å². The van der Waals surface area contributed by atoms with E-state index in [1.54, 1.807) is 36.8 Å². The predicted octanol–water partition coefficient (Wildman–Crippen LogP) is 4.15. The highest BCUT2D eigenvalue weighted by atomic mass is 32.1. The lowest BCUT2D eigenvalue weighted by molar-refractivity contribution is -0.116. The zero-order valence-electron chi connectivity index (χ0n) is 13.8. The van der Waals surface area contributed by atoms with E-state index >= 15 is 0 Å². The van der Waals surface area contributed by atoms with Crippen LogP contribution in [0.5, 0.6) is 5.88 Å². The van der Waals surface area contributed by atoms with Gasteiger partial charge < -0.3 is 10.1 Å². The fraction of sp³-hybridized carbons (Fsp3) is 0.100. The van der Waals surface area contributed by atoms with Gasteiger partial charge in [-0.3, -0.25) is 4.79 Å². The zero-order valence-corrected chi connectivity index (χ0v) is 14.6. The summed E-state index contributed by atoms with van der Waals surface area (Å²) in [6.45, 7) is 0.432. The predicted molar refractivity (Wildman–Crippen MR) is 101 cm³/mol. The Labute approximate surface area is 150 Å². The second kappa shape index (κ2) is 8.26. The molecule has 0 spiro atoms. The lowest BCUT2D eigenvalue weighted by Crippen LogP contribution is -2.20. The van der Waals surface area contributed by atoms with Gasteiger partial charge in [-0.25, -0.2) is 4.98 Å². The normalized spacial score (nSPS) is 10.8. The smallest absolute Gasteiger partial charge is 0.244 e. The molecule has 0 atom stereocenters. The van der Waals surface area contributed by atoms with E-state index < -0.39 is 0 Å². The van der Waals surface area contributed by atoms with Crippen LogP contribution in [0.15, 0.2) is 66.9 Å². The highest BCUT2D eigenvalue weighted by Crippen LogP contribution is 2.28. The van der Waals surface area contributed by atoms with Crippen molar-refractivity contribution in [2.45, 2.75) is 6.54 Å². The summed E-state index contributed by atoms with van der Waals surface area (Å²) in [6.07, 6.45) is 5.05. The summed E-state index contributed by atoms with van der Waals surface area (Å²) in [5, 5.41) is 2.85. The second-order valence-corrected chi connectivity index (χ2v) is 6.44. The van der Waals surface area contributed by atoms with Gasteiger partial charge in [-0.05, 0) is 35.4 Å². The van der Waals surface area contributed by atoms with E-state index in [0.29, 0.717) is 12.4 Å². The Bertz CT molecular complexity index is 872. The number of hydrogen-bond acceptors (Lipinski definition) is 4. The van der Waals surface area contributed by atoms with Crippen molar-refractivity contribution in [1.29, 1.82) is 0 Å². The van der Waals surface area contributed by atoms with Gasteiger partial charge in [0.2, 0.25) is 11.8 Å². The summed E-state index contributed by atoms with van der Waals surface area (Å²) in [7, 11) is 1.57. The van der Waals surface area contributed by atoms with E-state index in [0.717, 1.165) is 10.4 Å². The highest BCUT2D eigenvalue weighted by molar-refractivity contribution is 7.16. The van der Waals surface area contributed by atoms with E-state index in [9.17, 15) is 4.79 Å². The number of ether oxygens (including phenoxy) is 1. The molecule has 0 saturated carbocycles. The van der Waals surface area contributed by atoms with Gasteiger partial charge in [-0.15, -0.1) is 11.3 Å². The number of hydrogen-bond donors (Lipinski definition) is 1. The quantitative estimate of drug-likeness (QED) is 0.680. The summed E-state index contributed by atoms with van der Waals surface area (Å²) in [4.78, 5) is 18.2. The van der Waals surface area contributed by atoms with Crippen molar-refractivity contribution in [2.24, 2.45) is 0 Å². The van der Waals surface area contributed by atoms with Gasteiger partial charge in [-0.2, -0.15) is 0 Å². The molecule has 2 heterocycles. The van der Waals surface area contributed by atoms with Crippen molar-refractivity contribution in [3.63, 3.8) is 0 Å². The van der Waals surface area contributed by atoms with Crippen LogP contribution in [0, 0.1) is 0 Å². The SMILES string of the molecule is COc1cc(CNC(=O)C=Cc2ccc(-c3ccccc3)s2)ccn1. The fourth-order valence-electron chi connectivity index (χ4n) is 2.28. The first-order chi connectivity index (χ1) is 12.2. The molecule has 0 saturated heterocycles.